The average molecular weight is 270 g/mol. The maximum absolute atomic E-state index is 10.5. The SMILES string of the molecule is Cc1cccc(OCCCOc2ccc(C=O)cc2)c1. The fraction of sp³-hybridized carbons (Fsp3) is 0.235. The standard InChI is InChI=1S/C17H18O3/c1-14-4-2-5-17(12-14)20-11-3-10-19-16-8-6-15(13-18)7-9-16/h2,4-9,12-13H,3,10-11H2,1H3. The highest BCUT2D eigenvalue weighted by molar-refractivity contribution is 5.74. The third kappa shape index (κ3) is 4.43. The van der Waals surface area contributed by atoms with Crippen LogP contribution in [0.5, 0.6) is 11.5 Å². The second-order valence-electron chi connectivity index (χ2n) is 4.55. The second-order valence-corrected chi connectivity index (χ2v) is 4.55. The Hall–Kier alpha value is -2.29. The Balaban J connectivity index is 1.67. The van der Waals surface area contributed by atoms with E-state index in [1.54, 1.807) is 24.3 Å². The molecule has 0 aliphatic rings. The van der Waals surface area contributed by atoms with Crippen LogP contribution in [0.2, 0.25) is 0 Å². The lowest BCUT2D eigenvalue weighted by molar-refractivity contribution is 0.112. The van der Waals surface area contributed by atoms with Crippen molar-refractivity contribution < 1.29 is 14.3 Å². The molecule has 0 saturated heterocycles. The number of hydrogen-bond donors (Lipinski definition) is 0. The molecule has 0 atom stereocenters. The van der Waals surface area contributed by atoms with E-state index in [-0.39, 0.29) is 0 Å². The number of hydrogen-bond acceptors (Lipinski definition) is 3. The van der Waals surface area contributed by atoms with Gasteiger partial charge >= 0.3 is 0 Å². The van der Waals surface area contributed by atoms with Gasteiger partial charge in [0, 0.05) is 12.0 Å². The molecule has 2 aromatic carbocycles. The molecule has 0 spiro atoms. The molecule has 0 saturated carbocycles. The predicted molar refractivity (Wildman–Crippen MR) is 78.6 cm³/mol. The van der Waals surface area contributed by atoms with Gasteiger partial charge in [-0.25, -0.2) is 0 Å². The summed E-state index contributed by atoms with van der Waals surface area (Å²) in [7, 11) is 0. The van der Waals surface area contributed by atoms with Gasteiger partial charge in [0.1, 0.15) is 17.8 Å². The Morgan fingerprint density at radius 2 is 1.65 bits per heavy atom. The van der Waals surface area contributed by atoms with Gasteiger partial charge in [-0.2, -0.15) is 0 Å². The first-order valence-electron chi connectivity index (χ1n) is 6.65. The summed E-state index contributed by atoms with van der Waals surface area (Å²) in [5.41, 5.74) is 1.84. The topological polar surface area (TPSA) is 35.5 Å². The summed E-state index contributed by atoms with van der Waals surface area (Å²) in [6.07, 6.45) is 1.63. The van der Waals surface area contributed by atoms with Crippen molar-refractivity contribution in [2.75, 3.05) is 13.2 Å². The van der Waals surface area contributed by atoms with Gasteiger partial charge < -0.3 is 9.47 Å². The molecule has 20 heavy (non-hydrogen) atoms. The third-order valence-electron chi connectivity index (χ3n) is 2.83. The number of aldehydes is 1. The number of carbonyl (C=O) groups is 1. The van der Waals surface area contributed by atoms with Crippen LogP contribution in [-0.2, 0) is 0 Å². The number of rotatable bonds is 7. The van der Waals surface area contributed by atoms with E-state index in [1.165, 1.54) is 5.56 Å². The van der Waals surface area contributed by atoms with Crippen molar-refractivity contribution in [3.63, 3.8) is 0 Å². The molecule has 104 valence electrons. The predicted octanol–water partition coefficient (Wildman–Crippen LogP) is 3.66. The van der Waals surface area contributed by atoms with Crippen molar-refractivity contribution in [2.45, 2.75) is 13.3 Å². The Bertz CT molecular complexity index is 546. The lowest BCUT2D eigenvalue weighted by Gasteiger charge is -2.08. The summed E-state index contributed by atoms with van der Waals surface area (Å²) >= 11 is 0. The maximum Gasteiger partial charge on any atom is 0.150 e. The van der Waals surface area contributed by atoms with Crippen molar-refractivity contribution in [3.8, 4) is 11.5 Å². The fourth-order valence-electron chi connectivity index (χ4n) is 1.79. The van der Waals surface area contributed by atoms with E-state index in [0.717, 1.165) is 24.2 Å². The number of carbonyl (C=O) groups excluding carboxylic acids is 1. The Morgan fingerprint density at radius 1 is 0.950 bits per heavy atom. The van der Waals surface area contributed by atoms with E-state index in [4.69, 9.17) is 9.47 Å². The highest BCUT2D eigenvalue weighted by atomic mass is 16.5. The Morgan fingerprint density at radius 3 is 2.30 bits per heavy atom. The summed E-state index contributed by atoms with van der Waals surface area (Å²) < 4.78 is 11.2. The van der Waals surface area contributed by atoms with Crippen LogP contribution in [0.3, 0.4) is 0 Å². The molecule has 0 bridgehead atoms. The van der Waals surface area contributed by atoms with Crippen LogP contribution in [0.15, 0.2) is 48.5 Å². The van der Waals surface area contributed by atoms with Crippen LogP contribution < -0.4 is 9.47 Å². The lowest BCUT2D eigenvalue weighted by Crippen LogP contribution is -2.05. The minimum Gasteiger partial charge on any atom is -0.493 e. The minimum absolute atomic E-state index is 0.590. The van der Waals surface area contributed by atoms with Crippen LogP contribution in [0, 0.1) is 6.92 Å². The van der Waals surface area contributed by atoms with Crippen molar-refractivity contribution >= 4 is 6.29 Å². The summed E-state index contributed by atoms with van der Waals surface area (Å²) in [5, 5.41) is 0. The third-order valence-corrected chi connectivity index (χ3v) is 2.83. The molecule has 3 heteroatoms. The van der Waals surface area contributed by atoms with Crippen LogP contribution >= 0.6 is 0 Å². The first kappa shape index (κ1) is 14.1. The number of ether oxygens (including phenoxy) is 2. The molecule has 0 radical (unpaired) electrons. The van der Waals surface area contributed by atoms with Gasteiger partial charge in [0.05, 0.1) is 13.2 Å². The van der Waals surface area contributed by atoms with Crippen LogP contribution in [0.1, 0.15) is 22.3 Å². The molecule has 0 aromatic heterocycles. The van der Waals surface area contributed by atoms with Gasteiger partial charge in [-0.05, 0) is 48.9 Å². The molecular formula is C17H18O3. The summed E-state index contributed by atoms with van der Waals surface area (Å²) in [4.78, 5) is 10.5. The second kappa shape index (κ2) is 7.34. The number of benzene rings is 2. The molecule has 3 nitrogen and oxygen atoms in total. The van der Waals surface area contributed by atoms with Gasteiger partial charge in [0.15, 0.2) is 0 Å². The van der Waals surface area contributed by atoms with E-state index in [9.17, 15) is 4.79 Å². The highest BCUT2D eigenvalue weighted by Gasteiger charge is 1.96. The molecule has 2 rings (SSSR count). The smallest absolute Gasteiger partial charge is 0.150 e. The monoisotopic (exact) mass is 270 g/mol. The van der Waals surface area contributed by atoms with Gasteiger partial charge in [-0.1, -0.05) is 12.1 Å². The molecule has 0 heterocycles. The number of aryl methyl sites for hydroxylation is 1. The fourth-order valence-corrected chi connectivity index (χ4v) is 1.79. The first-order chi connectivity index (χ1) is 9.78. The van der Waals surface area contributed by atoms with E-state index in [0.29, 0.717) is 18.8 Å². The van der Waals surface area contributed by atoms with Crippen molar-refractivity contribution in [1.29, 1.82) is 0 Å². The zero-order valence-corrected chi connectivity index (χ0v) is 11.5. The van der Waals surface area contributed by atoms with Crippen molar-refractivity contribution in [2.24, 2.45) is 0 Å². The van der Waals surface area contributed by atoms with Crippen LogP contribution in [-0.4, -0.2) is 19.5 Å². The van der Waals surface area contributed by atoms with Crippen molar-refractivity contribution in [3.05, 3.63) is 59.7 Å². The molecular weight excluding hydrogens is 252 g/mol. The maximum atomic E-state index is 10.5. The van der Waals surface area contributed by atoms with E-state index in [1.807, 2.05) is 31.2 Å². The largest absolute Gasteiger partial charge is 0.493 e. The minimum atomic E-state index is 0.590. The molecule has 0 unspecified atom stereocenters. The normalized spacial score (nSPS) is 10.1. The van der Waals surface area contributed by atoms with Crippen LogP contribution in [0.4, 0.5) is 0 Å². The molecule has 0 amide bonds. The van der Waals surface area contributed by atoms with Gasteiger partial charge in [0.25, 0.3) is 0 Å². The quantitative estimate of drug-likeness (QED) is 0.569. The average Bonchev–Trinajstić information content (AvgIpc) is 2.48. The first-order valence-corrected chi connectivity index (χ1v) is 6.65. The molecule has 0 aliphatic carbocycles. The highest BCUT2D eigenvalue weighted by Crippen LogP contribution is 2.13. The summed E-state index contributed by atoms with van der Waals surface area (Å²) in [6.45, 7) is 3.25. The zero-order chi connectivity index (χ0) is 14.2. The summed E-state index contributed by atoms with van der Waals surface area (Å²) in [6, 6.07) is 15.1. The van der Waals surface area contributed by atoms with Gasteiger partial charge in [0.2, 0.25) is 0 Å². The van der Waals surface area contributed by atoms with Crippen LogP contribution in [0.25, 0.3) is 0 Å². The van der Waals surface area contributed by atoms with Crippen molar-refractivity contribution in [1.82, 2.24) is 0 Å². The lowest BCUT2D eigenvalue weighted by atomic mass is 10.2. The van der Waals surface area contributed by atoms with E-state index < -0.39 is 0 Å². The summed E-state index contributed by atoms with van der Waals surface area (Å²) in [5.74, 6) is 1.66. The van der Waals surface area contributed by atoms with E-state index >= 15 is 0 Å². The van der Waals surface area contributed by atoms with Gasteiger partial charge in [-0.3, -0.25) is 4.79 Å². The van der Waals surface area contributed by atoms with Gasteiger partial charge in [-0.15, -0.1) is 0 Å². The van der Waals surface area contributed by atoms with E-state index in [2.05, 4.69) is 0 Å². The molecule has 0 fully saturated rings. The zero-order valence-electron chi connectivity index (χ0n) is 11.5. The molecule has 0 aliphatic heterocycles. The Kier molecular flexibility index (Phi) is 5.18. The molecule has 0 N–H and O–H groups in total. The Labute approximate surface area is 119 Å². The molecule has 2 aromatic rings.